The fraction of sp³-hybridized carbons (Fsp3) is 0.250. The summed E-state index contributed by atoms with van der Waals surface area (Å²) in [5.74, 6) is 1.50. The average Bonchev–Trinajstić information content (AvgIpc) is 3.06. The molecule has 0 radical (unpaired) electrons. The number of hydrogen-bond donors (Lipinski definition) is 2. The summed E-state index contributed by atoms with van der Waals surface area (Å²) in [4.78, 5) is 10.3. The van der Waals surface area contributed by atoms with Crippen molar-refractivity contribution in [2.75, 3.05) is 11.9 Å². The number of nitrogens with one attached hydrogen (secondary N) is 1. The first-order valence-electron chi connectivity index (χ1n) is 7.00. The Kier molecular flexibility index (Phi) is 4.13. The van der Waals surface area contributed by atoms with Crippen molar-refractivity contribution in [1.82, 2.24) is 9.97 Å². The normalized spacial score (nSPS) is 12.5. The lowest BCUT2D eigenvalue weighted by molar-refractivity contribution is 0.271. The Morgan fingerprint density at radius 1 is 1.19 bits per heavy atom. The molecule has 0 amide bonds. The fourth-order valence-corrected chi connectivity index (χ4v) is 2.83. The number of aliphatic hydroxyl groups is 1. The molecule has 2 N–H and O–H groups in total. The summed E-state index contributed by atoms with van der Waals surface area (Å²) in [7, 11) is 0. The fourth-order valence-electron chi connectivity index (χ4n) is 2.17. The predicted molar refractivity (Wildman–Crippen MR) is 87.6 cm³/mol. The second-order valence-corrected chi connectivity index (χ2v) is 5.77. The molecule has 0 saturated carbocycles. The smallest absolute Gasteiger partial charge is 0.172 e. The molecule has 0 saturated heterocycles. The van der Waals surface area contributed by atoms with Crippen molar-refractivity contribution in [2.24, 2.45) is 0 Å². The molecule has 108 valence electrons. The summed E-state index contributed by atoms with van der Waals surface area (Å²) in [6.07, 6.45) is 0.836. The molecule has 21 heavy (non-hydrogen) atoms. The Hall–Kier alpha value is -1.98. The maximum Gasteiger partial charge on any atom is 0.172 e. The summed E-state index contributed by atoms with van der Waals surface area (Å²) in [6, 6.07) is 11.9. The van der Waals surface area contributed by atoms with Crippen LogP contribution in [0.25, 0.3) is 21.6 Å². The quantitative estimate of drug-likeness (QED) is 0.756. The highest BCUT2D eigenvalue weighted by Crippen LogP contribution is 2.27. The molecular formula is C16H17N3OS. The number of aliphatic hydroxyl groups excluding tert-OH is 1. The zero-order chi connectivity index (χ0) is 14.7. The van der Waals surface area contributed by atoms with E-state index in [0.29, 0.717) is 0 Å². The third kappa shape index (κ3) is 2.89. The van der Waals surface area contributed by atoms with Crippen LogP contribution in [0.3, 0.4) is 0 Å². The van der Waals surface area contributed by atoms with Crippen LogP contribution < -0.4 is 5.32 Å². The van der Waals surface area contributed by atoms with Gasteiger partial charge in [0.05, 0.1) is 23.0 Å². The van der Waals surface area contributed by atoms with E-state index < -0.39 is 0 Å². The monoisotopic (exact) mass is 299 g/mol. The van der Waals surface area contributed by atoms with Gasteiger partial charge < -0.3 is 10.4 Å². The van der Waals surface area contributed by atoms with Gasteiger partial charge in [-0.3, -0.25) is 0 Å². The molecule has 0 bridgehead atoms. The van der Waals surface area contributed by atoms with Gasteiger partial charge in [-0.2, -0.15) is 0 Å². The zero-order valence-corrected chi connectivity index (χ0v) is 12.6. The number of anilines is 1. The molecule has 0 unspecified atom stereocenters. The van der Waals surface area contributed by atoms with Crippen molar-refractivity contribution in [3.05, 3.63) is 41.8 Å². The number of benzene rings is 1. The standard InChI is InChI=1S/C16H17N3OS/c1-2-11(10-20)17-15-12-6-3-4-7-13(12)18-16(19-15)14-8-5-9-21-14/h3-9,11,20H,2,10H2,1H3,(H,17,18,19)/t11-/m1/s1. The highest BCUT2D eigenvalue weighted by atomic mass is 32.1. The number of thiophene rings is 1. The molecule has 0 spiro atoms. The van der Waals surface area contributed by atoms with Gasteiger partial charge in [-0.25, -0.2) is 9.97 Å². The first-order chi connectivity index (χ1) is 10.3. The van der Waals surface area contributed by atoms with E-state index in [1.807, 2.05) is 48.7 Å². The number of nitrogens with zero attached hydrogens (tertiary/aromatic N) is 2. The van der Waals surface area contributed by atoms with Gasteiger partial charge >= 0.3 is 0 Å². The van der Waals surface area contributed by atoms with Gasteiger partial charge in [-0.15, -0.1) is 11.3 Å². The number of fused-ring (bicyclic) bond motifs is 1. The SMILES string of the molecule is CC[C@H](CO)Nc1nc(-c2cccs2)nc2ccccc12. The minimum atomic E-state index is -0.000471. The first-order valence-corrected chi connectivity index (χ1v) is 7.88. The Morgan fingerprint density at radius 3 is 2.76 bits per heavy atom. The van der Waals surface area contributed by atoms with Crippen molar-refractivity contribution < 1.29 is 5.11 Å². The lowest BCUT2D eigenvalue weighted by atomic mass is 10.2. The molecule has 0 fully saturated rings. The van der Waals surface area contributed by atoms with Crippen LogP contribution in [-0.4, -0.2) is 27.7 Å². The highest BCUT2D eigenvalue weighted by Gasteiger charge is 2.12. The average molecular weight is 299 g/mol. The topological polar surface area (TPSA) is 58.0 Å². The Bertz CT molecular complexity index is 723. The third-order valence-corrected chi connectivity index (χ3v) is 4.26. The molecule has 0 aliphatic heterocycles. The number of aromatic nitrogens is 2. The van der Waals surface area contributed by atoms with Crippen molar-refractivity contribution in [2.45, 2.75) is 19.4 Å². The molecule has 3 rings (SSSR count). The molecular weight excluding hydrogens is 282 g/mol. The number of hydrogen-bond acceptors (Lipinski definition) is 5. The molecule has 2 heterocycles. The molecule has 4 nitrogen and oxygen atoms in total. The summed E-state index contributed by atoms with van der Waals surface area (Å²) in [6.45, 7) is 2.13. The summed E-state index contributed by atoms with van der Waals surface area (Å²) in [5, 5.41) is 15.7. The Labute approximate surface area is 127 Å². The van der Waals surface area contributed by atoms with E-state index in [-0.39, 0.29) is 12.6 Å². The maximum atomic E-state index is 9.41. The van der Waals surface area contributed by atoms with Gasteiger partial charge in [0.25, 0.3) is 0 Å². The van der Waals surface area contributed by atoms with Crippen LogP contribution in [0.5, 0.6) is 0 Å². The minimum absolute atomic E-state index is 0.000471. The van der Waals surface area contributed by atoms with E-state index in [1.54, 1.807) is 11.3 Å². The Balaban J connectivity index is 2.11. The first kappa shape index (κ1) is 14.0. The van der Waals surface area contributed by atoms with Crippen molar-refractivity contribution in [3.63, 3.8) is 0 Å². The number of rotatable bonds is 5. The van der Waals surface area contributed by atoms with E-state index >= 15 is 0 Å². The van der Waals surface area contributed by atoms with E-state index in [0.717, 1.165) is 33.8 Å². The summed E-state index contributed by atoms with van der Waals surface area (Å²) < 4.78 is 0. The molecule has 2 aromatic heterocycles. The van der Waals surface area contributed by atoms with Crippen LogP contribution in [0.15, 0.2) is 41.8 Å². The molecule has 5 heteroatoms. The van der Waals surface area contributed by atoms with Crippen LogP contribution in [0.4, 0.5) is 5.82 Å². The lowest BCUT2D eigenvalue weighted by Gasteiger charge is -2.16. The van der Waals surface area contributed by atoms with Crippen LogP contribution >= 0.6 is 11.3 Å². The maximum absolute atomic E-state index is 9.41. The summed E-state index contributed by atoms with van der Waals surface area (Å²) in [5.41, 5.74) is 0.909. The van der Waals surface area contributed by atoms with E-state index in [1.165, 1.54) is 0 Å². The van der Waals surface area contributed by atoms with Crippen molar-refractivity contribution in [3.8, 4) is 10.7 Å². The van der Waals surface area contributed by atoms with Crippen LogP contribution in [0.1, 0.15) is 13.3 Å². The second kappa shape index (κ2) is 6.20. The molecule has 0 aliphatic carbocycles. The summed E-state index contributed by atoms with van der Waals surface area (Å²) >= 11 is 1.62. The van der Waals surface area contributed by atoms with Gasteiger partial charge in [0, 0.05) is 5.39 Å². The van der Waals surface area contributed by atoms with Gasteiger partial charge in [-0.1, -0.05) is 25.1 Å². The highest BCUT2D eigenvalue weighted by molar-refractivity contribution is 7.13. The second-order valence-electron chi connectivity index (χ2n) is 4.82. The van der Waals surface area contributed by atoms with Crippen LogP contribution in [0.2, 0.25) is 0 Å². The van der Waals surface area contributed by atoms with E-state index in [4.69, 9.17) is 0 Å². The molecule has 1 aromatic carbocycles. The largest absolute Gasteiger partial charge is 0.394 e. The van der Waals surface area contributed by atoms with Crippen LogP contribution in [-0.2, 0) is 0 Å². The van der Waals surface area contributed by atoms with E-state index in [9.17, 15) is 5.11 Å². The lowest BCUT2D eigenvalue weighted by Crippen LogP contribution is -2.23. The van der Waals surface area contributed by atoms with Gasteiger partial charge in [0.2, 0.25) is 0 Å². The Morgan fingerprint density at radius 2 is 2.05 bits per heavy atom. The van der Waals surface area contributed by atoms with Gasteiger partial charge in [0.15, 0.2) is 5.82 Å². The third-order valence-electron chi connectivity index (χ3n) is 3.40. The van der Waals surface area contributed by atoms with Gasteiger partial charge in [0.1, 0.15) is 5.82 Å². The predicted octanol–water partition coefficient (Wildman–Crippen LogP) is 3.54. The van der Waals surface area contributed by atoms with Crippen molar-refractivity contribution >= 4 is 28.1 Å². The van der Waals surface area contributed by atoms with Gasteiger partial charge in [-0.05, 0) is 30.0 Å². The van der Waals surface area contributed by atoms with Crippen LogP contribution in [0, 0.1) is 0 Å². The molecule has 1 atom stereocenters. The van der Waals surface area contributed by atoms with Crippen molar-refractivity contribution in [1.29, 1.82) is 0 Å². The molecule has 3 aromatic rings. The minimum Gasteiger partial charge on any atom is -0.394 e. The number of para-hydroxylation sites is 1. The zero-order valence-electron chi connectivity index (χ0n) is 11.8. The van der Waals surface area contributed by atoms with E-state index in [2.05, 4.69) is 15.3 Å². The molecule has 0 aliphatic rings.